The monoisotopic (exact) mass is 463 g/mol. The van der Waals surface area contributed by atoms with Gasteiger partial charge >= 0.3 is 0 Å². The van der Waals surface area contributed by atoms with Crippen LogP contribution in [-0.4, -0.2) is 23.9 Å². The van der Waals surface area contributed by atoms with E-state index in [4.69, 9.17) is 46.4 Å². The minimum absolute atomic E-state index is 0.110. The molecule has 140 valence electrons. The van der Waals surface area contributed by atoms with Gasteiger partial charge < -0.3 is 4.57 Å². The van der Waals surface area contributed by atoms with Crippen molar-refractivity contribution in [2.24, 2.45) is 0 Å². The van der Waals surface area contributed by atoms with E-state index in [2.05, 4.69) is 4.98 Å². The molecule has 3 aromatic rings. The van der Waals surface area contributed by atoms with Crippen molar-refractivity contribution < 1.29 is 13.2 Å². The molecule has 1 amide bonds. The molecule has 0 aliphatic carbocycles. The number of hydrogen-bond donors (Lipinski definition) is 1. The van der Waals surface area contributed by atoms with Gasteiger partial charge in [0.05, 0.1) is 20.8 Å². The first-order chi connectivity index (χ1) is 12.7. The summed E-state index contributed by atoms with van der Waals surface area (Å²) in [7, 11) is -4.29. The van der Waals surface area contributed by atoms with Crippen molar-refractivity contribution in [2.75, 3.05) is 0 Å². The maximum Gasteiger partial charge on any atom is 0.285 e. The molecule has 0 saturated heterocycles. The van der Waals surface area contributed by atoms with E-state index in [1.807, 2.05) is 4.72 Å². The van der Waals surface area contributed by atoms with Gasteiger partial charge in [0, 0.05) is 11.2 Å². The number of sulfonamides is 1. The van der Waals surface area contributed by atoms with Crippen molar-refractivity contribution in [3.63, 3.8) is 0 Å². The Labute approximate surface area is 174 Å². The van der Waals surface area contributed by atoms with Crippen LogP contribution in [0.5, 0.6) is 0 Å². The number of aromatic nitrogens is 2. The van der Waals surface area contributed by atoms with Crippen LogP contribution in [0.25, 0.3) is 5.69 Å². The van der Waals surface area contributed by atoms with Gasteiger partial charge in [-0.3, -0.25) is 4.79 Å². The van der Waals surface area contributed by atoms with E-state index in [0.717, 1.165) is 0 Å². The average molecular weight is 465 g/mol. The van der Waals surface area contributed by atoms with Gasteiger partial charge in [0.15, 0.2) is 0 Å². The summed E-state index contributed by atoms with van der Waals surface area (Å²) in [4.78, 5) is 15.9. The van der Waals surface area contributed by atoms with E-state index in [9.17, 15) is 13.2 Å². The van der Waals surface area contributed by atoms with Crippen molar-refractivity contribution in [2.45, 2.75) is 4.90 Å². The predicted octanol–water partition coefficient (Wildman–Crippen LogP) is 4.60. The summed E-state index contributed by atoms with van der Waals surface area (Å²) >= 11 is 23.8. The third-order valence-corrected chi connectivity index (χ3v) is 6.24. The van der Waals surface area contributed by atoms with Crippen molar-refractivity contribution in [1.82, 2.24) is 14.3 Å². The van der Waals surface area contributed by atoms with Crippen LogP contribution in [0.2, 0.25) is 20.1 Å². The number of benzene rings is 2. The van der Waals surface area contributed by atoms with Gasteiger partial charge in [-0.15, -0.1) is 0 Å². The van der Waals surface area contributed by atoms with Crippen LogP contribution in [0.3, 0.4) is 0 Å². The summed E-state index contributed by atoms with van der Waals surface area (Å²) in [5.74, 6) is -0.949. The average Bonchev–Trinajstić information content (AvgIpc) is 3.03. The Bertz CT molecular complexity index is 1130. The number of hydrogen-bond acceptors (Lipinski definition) is 4. The Morgan fingerprint density at radius 1 is 1.00 bits per heavy atom. The predicted molar refractivity (Wildman–Crippen MR) is 105 cm³/mol. The highest BCUT2D eigenvalue weighted by Gasteiger charge is 2.25. The first kappa shape index (κ1) is 20.0. The second kappa shape index (κ2) is 7.69. The standard InChI is InChI=1S/C16H9Cl4N3O3S/c17-9-4-5-14(12(20)6-9)23-7-13(21-8-23)16(24)22-27(25,26)15-10(18)2-1-3-11(15)19/h1-8H,(H,22,24). The number of carbonyl (C=O) groups excluding carboxylic acids is 1. The first-order valence-electron chi connectivity index (χ1n) is 7.19. The van der Waals surface area contributed by atoms with E-state index in [1.165, 1.54) is 41.4 Å². The fourth-order valence-corrected chi connectivity index (χ4v) is 4.84. The Balaban J connectivity index is 1.88. The number of nitrogens with zero attached hydrogens (tertiary/aromatic N) is 2. The van der Waals surface area contributed by atoms with Gasteiger partial charge in [-0.2, -0.15) is 0 Å². The molecule has 1 aromatic heterocycles. The van der Waals surface area contributed by atoms with Crippen LogP contribution < -0.4 is 4.72 Å². The van der Waals surface area contributed by atoms with Gasteiger partial charge in [-0.05, 0) is 30.3 Å². The summed E-state index contributed by atoms with van der Waals surface area (Å²) in [5, 5.41) is 0.564. The summed E-state index contributed by atoms with van der Waals surface area (Å²) in [6, 6.07) is 8.97. The van der Waals surface area contributed by atoms with Gasteiger partial charge in [0.2, 0.25) is 0 Å². The number of nitrogens with one attached hydrogen (secondary N) is 1. The molecular formula is C16H9Cl4N3O3S. The Kier molecular flexibility index (Phi) is 5.69. The molecule has 0 saturated carbocycles. The number of carbonyl (C=O) groups is 1. The van der Waals surface area contributed by atoms with Crippen LogP contribution in [0.15, 0.2) is 53.8 Å². The molecule has 0 fully saturated rings. The smallest absolute Gasteiger partial charge is 0.285 e. The van der Waals surface area contributed by atoms with Crippen molar-refractivity contribution in [1.29, 1.82) is 0 Å². The van der Waals surface area contributed by atoms with Crippen LogP contribution in [0.1, 0.15) is 10.5 Å². The number of amides is 1. The van der Waals surface area contributed by atoms with Crippen molar-refractivity contribution >= 4 is 62.3 Å². The number of halogens is 4. The van der Waals surface area contributed by atoms with Crippen molar-refractivity contribution in [3.8, 4) is 5.69 Å². The van der Waals surface area contributed by atoms with E-state index in [-0.39, 0.29) is 20.6 Å². The zero-order chi connectivity index (χ0) is 19.8. The molecule has 0 bridgehead atoms. The van der Waals surface area contributed by atoms with E-state index in [1.54, 1.807) is 12.1 Å². The van der Waals surface area contributed by atoms with Gasteiger partial charge in [-0.1, -0.05) is 52.5 Å². The Hall–Kier alpha value is -1.77. The Morgan fingerprint density at radius 2 is 1.67 bits per heavy atom. The van der Waals surface area contributed by atoms with E-state index >= 15 is 0 Å². The summed E-state index contributed by atoms with van der Waals surface area (Å²) in [6.07, 6.45) is 2.65. The molecule has 6 nitrogen and oxygen atoms in total. The SMILES string of the molecule is O=C(NS(=O)(=O)c1c(Cl)cccc1Cl)c1cn(-c2ccc(Cl)cc2Cl)cn1. The maximum absolute atomic E-state index is 12.5. The fraction of sp³-hybridized carbons (Fsp3) is 0. The second-order valence-corrected chi connectivity index (χ2v) is 8.52. The number of imidazole rings is 1. The zero-order valence-electron chi connectivity index (χ0n) is 13.2. The zero-order valence-corrected chi connectivity index (χ0v) is 17.0. The highest BCUT2D eigenvalue weighted by molar-refractivity contribution is 7.90. The van der Waals surface area contributed by atoms with Crippen LogP contribution in [0.4, 0.5) is 0 Å². The lowest BCUT2D eigenvalue weighted by Gasteiger charge is -2.09. The molecular weight excluding hydrogens is 456 g/mol. The third-order valence-electron chi connectivity index (χ3n) is 3.42. The molecule has 0 unspecified atom stereocenters. The number of rotatable bonds is 4. The molecule has 1 N–H and O–H groups in total. The van der Waals surface area contributed by atoms with Crippen LogP contribution >= 0.6 is 46.4 Å². The first-order valence-corrected chi connectivity index (χ1v) is 10.2. The lowest BCUT2D eigenvalue weighted by Crippen LogP contribution is -2.31. The van der Waals surface area contributed by atoms with Gasteiger partial charge in [0.1, 0.15) is 16.9 Å². The van der Waals surface area contributed by atoms with E-state index < -0.39 is 15.9 Å². The minimum atomic E-state index is -4.29. The maximum atomic E-state index is 12.5. The second-order valence-electron chi connectivity index (χ2n) is 5.25. The van der Waals surface area contributed by atoms with E-state index in [0.29, 0.717) is 15.7 Å². The molecule has 0 radical (unpaired) electrons. The molecule has 1 heterocycles. The third kappa shape index (κ3) is 4.23. The molecule has 11 heteroatoms. The van der Waals surface area contributed by atoms with Crippen molar-refractivity contribution in [3.05, 3.63) is 74.7 Å². The molecule has 3 rings (SSSR count). The highest BCUT2D eigenvalue weighted by atomic mass is 35.5. The quantitative estimate of drug-likeness (QED) is 0.611. The van der Waals surface area contributed by atoms with Crippen LogP contribution in [-0.2, 0) is 10.0 Å². The topological polar surface area (TPSA) is 81.1 Å². The normalized spacial score (nSPS) is 11.4. The highest BCUT2D eigenvalue weighted by Crippen LogP contribution is 2.29. The largest absolute Gasteiger partial charge is 0.304 e. The molecule has 0 atom stereocenters. The lowest BCUT2D eigenvalue weighted by atomic mass is 10.3. The molecule has 27 heavy (non-hydrogen) atoms. The lowest BCUT2D eigenvalue weighted by molar-refractivity contribution is 0.0977. The minimum Gasteiger partial charge on any atom is -0.304 e. The summed E-state index contributed by atoms with van der Waals surface area (Å²) < 4.78 is 28.3. The van der Waals surface area contributed by atoms with Gasteiger partial charge in [-0.25, -0.2) is 18.1 Å². The van der Waals surface area contributed by atoms with Crippen LogP contribution in [0, 0.1) is 0 Å². The Morgan fingerprint density at radius 3 is 2.30 bits per heavy atom. The summed E-state index contributed by atoms with van der Waals surface area (Å²) in [5.41, 5.74) is 0.373. The molecule has 0 spiro atoms. The molecule has 0 aliphatic rings. The molecule has 2 aromatic carbocycles. The fourth-order valence-electron chi connectivity index (χ4n) is 2.23. The summed E-state index contributed by atoms with van der Waals surface area (Å²) in [6.45, 7) is 0. The molecule has 0 aliphatic heterocycles. The van der Waals surface area contributed by atoms with Gasteiger partial charge in [0.25, 0.3) is 15.9 Å².